The smallest absolute Gasteiger partial charge is 0.323 e. The van der Waals surface area contributed by atoms with Crippen molar-refractivity contribution in [3.63, 3.8) is 0 Å². The van der Waals surface area contributed by atoms with Crippen molar-refractivity contribution in [1.82, 2.24) is 9.13 Å². The van der Waals surface area contributed by atoms with Gasteiger partial charge in [0.1, 0.15) is 17.1 Å². The molecule has 0 aliphatic carbocycles. The number of amides is 1. The fourth-order valence-electron chi connectivity index (χ4n) is 3.01. The molecule has 2 heterocycles. The van der Waals surface area contributed by atoms with Crippen LogP contribution >= 0.6 is 34.5 Å². The summed E-state index contributed by atoms with van der Waals surface area (Å²) < 4.78 is 15.7. The van der Waals surface area contributed by atoms with Gasteiger partial charge in [0, 0.05) is 5.02 Å². The van der Waals surface area contributed by atoms with Crippen molar-refractivity contribution in [2.24, 2.45) is 0 Å². The molecule has 0 atom stereocenters. The number of halogens is 3. The van der Waals surface area contributed by atoms with Gasteiger partial charge >= 0.3 is 5.69 Å². The minimum absolute atomic E-state index is 0.0280. The number of benzene rings is 2. The summed E-state index contributed by atoms with van der Waals surface area (Å²) in [5.41, 5.74) is -0.336. The number of hydrogen-bond donors (Lipinski definition) is 1. The molecule has 0 spiro atoms. The molecule has 10 heteroatoms. The van der Waals surface area contributed by atoms with E-state index in [4.69, 9.17) is 23.2 Å². The molecule has 6 nitrogen and oxygen atoms in total. The Morgan fingerprint density at radius 2 is 1.90 bits per heavy atom. The third-order valence-electron chi connectivity index (χ3n) is 4.33. The van der Waals surface area contributed by atoms with Gasteiger partial charge in [0.15, 0.2) is 0 Å². The predicted octanol–water partition coefficient (Wildman–Crippen LogP) is 4.30. The zero-order chi connectivity index (χ0) is 21.4. The summed E-state index contributed by atoms with van der Waals surface area (Å²) in [5.74, 6) is -1.10. The Hall–Kier alpha value is -2.94. The van der Waals surface area contributed by atoms with Crippen LogP contribution in [0.2, 0.25) is 10.0 Å². The van der Waals surface area contributed by atoms with Crippen molar-refractivity contribution in [1.29, 1.82) is 0 Å². The van der Waals surface area contributed by atoms with Gasteiger partial charge in [0.25, 0.3) is 5.56 Å². The summed E-state index contributed by atoms with van der Waals surface area (Å²) in [7, 11) is 0. The van der Waals surface area contributed by atoms with Crippen molar-refractivity contribution in [2.75, 3.05) is 5.32 Å². The molecule has 0 aliphatic heterocycles. The van der Waals surface area contributed by atoms with Crippen LogP contribution in [0.15, 0.2) is 63.5 Å². The minimum atomic E-state index is -0.687. The van der Waals surface area contributed by atoms with Crippen LogP contribution < -0.4 is 16.6 Å². The van der Waals surface area contributed by atoms with Crippen molar-refractivity contribution in [2.45, 2.75) is 6.54 Å². The number of aromatic nitrogens is 2. The third kappa shape index (κ3) is 3.77. The van der Waals surface area contributed by atoms with Gasteiger partial charge in [-0.3, -0.25) is 14.2 Å². The Morgan fingerprint density at radius 3 is 2.63 bits per heavy atom. The number of nitrogens with one attached hydrogen (secondary N) is 1. The first-order valence-corrected chi connectivity index (χ1v) is 10.2. The number of thiophene rings is 1. The first-order chi connectivity index (χ1) is 14.3. The molecule has 2 aromatic heterocycles. The fourth-order valence-corrected chi connectivity index (χ4v) is 4.23. The molecule has 1 N–H and O–H groups in total. The number of rotatable bonds is 4. The summed E-state index contributed by atoms with van der Waals surface area (Å²) >= 11 is 13.1. The summed E-state index contributed by atoms with van der Waals surface area (Å²) in [4.78, 5) is 38.6. The highest BCUT2D eigenvalue weighted by molar-refractivity contribution is 7.17. The molecule has 0 unspecified atom stereocenters. The Balaban J connectivity index is 1.79. The van der Waals surface area contributed by atoms with Crippen LogP contribution in [0.4, 0.5) is 10.1 Å². The molecule has 0 radical (unpaired) electrons. The average molecular weight is 464 g/mol. The number of fused-ring (bicyclic) bond motifs is 1. The SMILES string of the molecule is O=C(Cn1c(=O)n(-c2cccc(Cl)c2)c(=O)c2sccc21)Nc1ccc(F)cc1Cl. The maximum absolute atomic E-state index is 13.2. The van der Waals surface area contributed by atoms with Crippen molar-refractivity contribution >= 4 is 56.3 Å². The molecule has 152 valence electrons. The monoisotopic (exact) mass is 463 g/mol. The first kappa shape index (κ1) is 20.3. The molecule has 0 fully saturated rings. The van der Waals surface area contributed by atoms with Gasteiger partial charge in [-0.05, 0) is 47.8 Å². The fraction of sp³-hybridized carbons (Fsp3) is 0.0500. The van der Waals surface area contributed by atoms with E-state index < -0.39 is 23.0 Å². The Labute approximate surface area is 182 Å². The second-order valence-electron chi connectivity index (χ2n) is 6.30. The van der Waals surface area contributed by atoms with E-state index in [2.05, 4.69) is 5.32 Å². The molecule has 1 amide bonds. The first-order valence-electron chi connectivity index (χ1n) is 8.59. The van der Waals surface area contributed by atoms with Gasteiger partial charge in [0.05, 0.1) is 21.9 Å². The van der Waals surface area contributed by atoms with Crippen molar-refractivity contribution < 1.29 is 9.18 Å². The summed E-state index contributed by atoms with van der Waals surface area (Å²) in [6, 6.07) is 11.5. The number of nitrogens with zero attached hydrogens (tertiary/aromatic N) is 2. The van der Waals surface area contributed by atoms with Gasteiger partial charge in [-0.15, -0.1) is 11.3 Å². The number of carbonyl (C=O) groups excluding carboxylic acids is 1. The molecule has 4 aromatic rings. The lowest BCUT2D eigenvalue weighted by Gasteiger charge is -2.13. The van der Waals surface area contributed by atoms with Gasteiger partial charge in [-0.1, -0.05) is 29.3 Å². The number of anilines is 1. The summed E-state index contributed by atoms with van der Waals surface area (Å²) in [6.45, 7) is -0.374. The van der Waals surface area contributed by atoms with Crippen LogP contribution in [0.5, 0.6) is 0 Å². The highest BCUT2D eigenvalue weighted by Gasteiger charge is 2.18. The van der Waals surface area contributed by atoms with Crippen LogP contribution in [0.3, 0.4) is 0 Å². The van der Waals surface area contributed by atoms with E-state index in [0.29, 0.717) is 20.9 Å². The van der Waals surface area contributed by atoms with E-state index in [1.807, 2.05) is 0 Å². The molecule has 0 saturated carbocycles. The van der Waals surface area contributed by atoms with Crippen LogP contribution in [-0.4, -0.2) is 15.0 Å². The maximum Gasteiger partial charge on any atom is 0.336 e. The zero-order valence-corrected chi connectivity index (χ0v) is 17.4. The lowest BCUT2D eigenvalue weighted by Crippen LogP contribution is -2.40. The Bertz CT molecular complexity index is 1410. The van der Waals surface area contributed by atoms with E-state index in [-0.39, 0.29) is 17.3 Å². The Kier molecular flexibility index (Phi) is 5.46. The highest BCUT2D eigenvalue weighted by Crippen LogP contribution is 2.23. The van der Waals surface area contributed by atoms with E-state index in [1.54, 1.807) is 29.6 Å². The molecule has 0 saturated heterocycles. The quantitative estimate of drug-likeness (QED) is 0.490. The zero-order valence-electron chi connectivity index (χ0n) is 15.1. The number of hydrogen-bond acceptors (Lipinski definition) is 4. The van der Waals surface area contributed by atoms with Crippen LogP contribution in [-0.2, 0) is 11.3 Å². The van der Waals surface area contributed by atoms with E-state index in [0.717, 1.165) is 28.0 Å². The molecular weight excluding hydrogens is 452 g/mol. The summed E-state index contributed by atoms with van der Waals surface area (Å²) in [5, 5.41) is 4.61. The van der Waals surface area contributed by atoms with Crippen LogP contribution in [0.25, 0.3) is 15.9 Å². The van der Waals surface area contributed by atoms with Crippen molar-refractivity contribution in [3.8, 4) is 5.69 Å². The van der Waals surface area contributed by atoms with Gasteiger partial charge in [-0.25, -0.2) is 13.8 Å². The lowest BCUT2D eigenvalue weighted by molar-refractivity contribution is -0.116. The van der Waals surface area contributed by atoms with E-state index >= 15 is 0 Å². The third-order valence-corrected chi connectivity index (χ3v) is 5.77. The number of carbonyl (C=O) groups is 1. The average Bonchev–Trinajstić information content (AvgIpc) is 3.18. The predicted molar refractivity (Wildman–Crippen MR) is 117 cm³/mol. The molecule has 0 bridgehead atoms. The maximum atomic E-state index is 13.2. The molecule has 2 aromatic carbocycles. The largest absolute Gasteiger partial charge is 0.336 e. The molecule has 30 heavy (non-hydrogen) atoms. The van der Waals surface area contributed by atoms with Crippen LogP contribution in [0, 0.1) is 5.82 Å². The van der Waals surface area contributed by atoms with Crippen molar-refractivity contribution in [3.05, 3.63) is 90.6 Å². The van der Waals surface area contributed by atoms with Gasteiger partial charge < -0.3 is 5.32 Å². The highest BCUT2D eigenvalue weighted by atomic mass is 35.5. The summed E-state index contributed by atoms with van der Waals surface area (Å²) in [6.07, 6.45) is 0. The van der Waals surface area contributed by atoms with E-state index in [1.165, 1.54) is 16.7 Å². The minimum Gasteiger partial charge on any atom is -0.323 e. The van der Waals surface area contributed by atoms with Gasteiger partial charge in [0.2, 0.25) is 5.91 Å². The van der Waals surface area contributed by atoms with E-state index in [9.17, 15) is 18.8 Å². The second kappa shape index (κ2) is 8.06. The standard InChI is InChI=1S/C20H12Cl2FN3O3S/c21-11-2-1-3-13(8-11)26-19(28)18-16(6-7-30-18)25(20(26)29)10-17(27)24-15-5-4-12(23)9-14(15)22/h1-9H,10H2,(H,24,27). The van der Waals surface area contributed by atoms with Crippen LogP contribution in [0.1, 0.15) is 0 Å². The topological polar surface area (TPSA) is 73.1 Å². The molecular formula is C20H12Cl2FN3O3S. The Morgan fingerprint density at radius 1 is 1.10 bits per heavy atom. The van der Waals surface area contributed by atoms with Gasteiger partial charge in [-0.2, -0.15) is 0 Å². The molecule has 0 aliphatic rings. The second-order valence-corrected chi connectivity index (χ2v) is 8.06. The lowest BCUT2D eigenvalue weighted by atomic mass is 10.3. The normalized spacial score (nSPS) is 11.0. The molecule has 4 rings (SSSR count).